The first-order valence-electron chi connectivity index (χ1n) is 9.05. The molecule has 1 saturated heterocycles. The zero-order chi connectivity index (χ0) is 19.3. The first-order valence-corrected chi connectivity index (χ1v) is 10.0. The van der Waals surface area contributed by atoms with Crippen LogP contribution in [0.4, 0.5) is 4.39 Å². The second-order valence-corrected chi connectivity index (χ2v) is 7.51. The Morgan fingerprint density at radius 1 is 1.20 bits per heavy atom. The highest BCUT2D eigenvalue weighted by Crippen LogP contribution is 2.25. The summed E-state index contributed by atoms with van der Waals surface area (Å²) in [6, 6.07) is 13.9. The normalized spacial score (nSPS) is 15.8. The molecule has 0 bridgehead atoms. The Labute approximate surface area is 190 Å². The molecular weight excluding hydrogens is 448 g/mol. The molecule has 2 heterocycles. The summed E-state index contributed by atoms with van der Waals surface area (Å²) < 4.78 is 13.7. The number of nitrogens with one attached hydrogen (secondary N) is 2. The second kappa shape index (κ2) is 11.3. The Balaban J connectivity index is 0.00000160. The molecule has 3 aromatic rings. The predicted molar refractivity (Wildman–Crippen MR) is 120 cm³/mol. The third-order valence-corrected chi connectivity index (χ3v) is 5.65. The maximum absolute atomic E-state index is 13.7. The molecule has 2 N–H and O–H groups in total. The summed E-state index contributed by atoms with van der Waals surface area (Å²) in [7, 11) is 0. The summed E-state index contributed by atoms with van der Waals surface area (Å²) in [6.45, 7) is 1.92. The average Bonchev–Trinajstić information content (AvgIpc) is 3.26. The minimum Gasteiger partial charge on any atom is -0.329 e. The summed E-state index contributed by atoms with van der Waals surface area (Å²) in [5.74, 6) is 0.415. The lowest BCUT2D eigenvalue weighted by Gasteiger charge is -2.36. The molecule has 1 aliphatic heterocycles. The van der Waals surface area contributed by atoms with Gasteiger partial charge in [0, 0.05) is 31.0 Å². The van der Waals surface area contributed by atoms with Crippen molar-refractivity contribution in [2.24, 2.45) is 0 Å². The van der Waals surface area contributed by atoms with Gasteiger partial charge in [0.15, 0.2) is 5.16 Å². The Bertz CT molecular complexity index is 943. The molecule has 0 saturated carbocycles. The maximum Gasteiger partial charge on any atom is 0.254 e. The van der Waals surface area contributed by atoms with Crippen molar-refractivity contribution in [2.75, 3.05) is 19.6 Å². The van der Waals surface area contributed by atoms with Crippen molar-refractivity contribution in [1.82, 2.24) is 25.4 Å². The number of amides is 1. The van der Waals surface area contributed by atoms with Crippen LogP contribution < -0.4 is 5.32 Å². The van der Waals surface area contributed by atoms with Gasteiger partial charge in [-0.05, 0) is 35.4 Å². The number of aromatic amines is 1. The molecule has 2 aromatic carbocycles. The van der Waals surface area contributed by atoms with Gasteiger partial charge < -0.3 is 10.2 Å². The topological polar surface area (TPSA) is 73.9 Å². The molecule has 1 fully saturated rings. The molecule has 6 nitrogen and oxygen atoms in total. The van der Waals surface area contributed by atoms with Crippen molar-refractivity contribution >= 4 is 42.5 Å². The van der Waals surface area contributed by atoms with Crippen molar-refractivity contribution in [3.63, 3.8) is 0 Å². The van der Waals surface area contributed by atoms with Crippen LogP contribution in [0.25, 0.3) is 0 Å². The number of hydrogen-bond acceptors (Lipinski definition) is 5. The number of hydrogen-bond donors (Lipinski definition) is 2. The zero-order valence-corrected chi connectivity index (χ0v) is 18.4. The van der Waals surface area contributed by atoms with Gasteiger partial charge in [-0.2, -0.15) is 5.10 Å². The van der Waals surface area contributed by atoms with E-state index in [9.17, 15) is 9.18 Å². The second-order valence-electron chi connectivity index (χ2n) is 6.55. The molecule has 0 radical (unpaired) electrons. The highest BCUT2D eigenvalue weighted by Gasteiger charge is 2.28. The van der Waals surface area contributed by atoms with Crippen LogP contribution in [0.3, 0.4) is 0 Å². The van der Waals surface area contributed by atoms with E-state index in [0.29, 0.717) is 18.7 Å². The highest BCUT2D eigenvalue weighted by molar-refractivity contribution is 7.98. The van der Waals surface area contributed by atoms with Crippen LogP contribution in [-0.4, -0.2) is 45.6 Å². The van der Waals surface area contributed by atoms with Gasteiger partial charge in [-0.1, -0.05) is 36.0 Å². The van der Waals surface area contributed by atoms with Crippen molar-refractivity contribution in [3.05, 3.63) is 77.4 Å². The Kier molecular flexibility index (Phi) is 9.10. The van der Waals surface area contributed by atoms with Gasteiger partial charge in [-0.25, -0.2) is 9.37 Å². The van der Waals surface area contributed by atoms with Gasteiger partial charge in [0.05, 0.1) is 6.04 Å². The SMILES string of the molecule is Cl.Cl.O=C(c1ccc(CSc2ncn[nH]2)cc1)N1CCNCC1c1cccc(F)c1. The number of thioether (sulfide) groups is 1. The number of benzene rings is 2. The fourth-order valence-corrected chi connectivity index (χ4v) is 4.02. The van der Waals surface area contributed by atoms with E-state index in [4.69, 9.17) is 0 Å². The molecule has 0 spiro atoms. The molecule has 4 rings (SSSR count). The molecule has 1 atom stereocenters. The average molecular weight is 470 g/mol. The largest absolute Gasteiger partial charge is 0.329 e. The van der Waals surface area contributed by atoms with E-state index < -0.39 is 0 Å². The molecule has 1 amide bonds. The fraction of sp³-hybridized carbons (Fsp3) is 0.250. The molecule has 0 aliphatic carbocycles. The van der Waals surface area contributed by atoms with Crippen molar-refractivity contribution in [2.45, 2.75) is 17.0 Å². The monoisotopic (exact) mass is 469 g/mol. The molecule has 30 heavy (non-hydrogen) atoms. The van der Waals surface area contributed by atoms with E-state index >= 15 is 0 Å². The molecule has 1 aromatic heterocycles. The quantitative estimate of drug-likeness (QED) is 0.554. The van der Waals surface area contributed by atoms with Crippen LogP contribution in [0.1, 0.15) is 27.5 Å². The van der Waals surface area contributed by atoms with E-state index in [1.165, 1.54) is 18.5 Å². The van der Waals surface area contributed by atoms with E-state index in [-0.39, 0.29) is 42.6 Å². The first-order chi connectivity index (χ1) is 13.7. The van der Waals surface area contributed by atoms with Crippen molar-refractivity contribution in [3.8, 4) is 0 Å². The Morgan fingerprint density at radius 3 is 2.70 bits per heavy atom. The standard InChI is InChI=1S/C20H20FN5OS.2ClH/c21-17-3-1-2-16(10-17)18-11-22-8-9-26(18)19(27)15-6-4-14(5-7-15)12-28-20-23-13-24-25-20;;/h1-7,10,13,18,22H,8-9,11-12H2,(H,23,24,25);2*1H. The summed E-state index contributed by atoms with van der Waals surface area (Å²) in [6.07, 6.45) is 1.48. The van der Waals surface area contributed by atoms with Crippen LogP contribution >= 0.6 is 36.6 Å². The molecule has 160 valence electrons. The number of piperazine rings is 1. The molecular formula is C20H22Cl2FN5OS. The maximum atomic E-state index is 13.7. The van der Waals surface area contributed by atoms with Gasteiger partial charge in [0.25, 0.3) is 5.91 Å². The Morgan fingerprint density at radius 2 is 2.00 bits per heavy atom. The summed E-state index contributed by atoms with van der Waals surface area (Å²) in [5, 5.41) is 10.7. The number of carbonyl (C=O) groups excluding carboxylic acids is 1. The lowest BCUT2D eigenvalue weighted by atomic mass is 10.0. The number of H-pyrrole nitrogens is 1. The number of halogens is 3. The smallest absolute Gasteiger partial charge is 0.254 e. The van der Waals surface area contributed by atoms with Gasteiger partial charge in [0.1, 0.15) is 12.1 Å². The third kappa shape index (κ3) is 5.72. The minimum absolute atomic E-state index is 0. The van der Waals surface area contributed by atoms with E-state index in [1.54, 1.807) is 17.8 Å². The van der Waals surface area contributed by atoms with Gasteiger partial charge >= 0.3 is 0 Å². The summed E-state index contributed by atoms with van der Waals surface area (Å²) >= 11 is 1.55. The summed E-state index contributed by atoms with van der Waals surface area (Å²) in [5.41, 5.74) is 2.54. The molecule has 10 heteroatoms. The van der Waals surface area contributed by atoms with Gasteiger partial charge in [0.2, 0.25) is 0 Å². The van der Waals surface area contributed by atoms with E-state index in [2.05, 4.69) is 20.5 Å². The van der Waals surface area contributed by atoms with Crippen molar-refractivity contribution in [1.29, 1.82) is 0 Å². The molecule has 1 aliphatic rings. The molecule has 1 unspecified atom stereocenters. The van der Waals surface area contributed by atoms with Crippen LogP contribution in [0, 0.1) is 5.82 Å². The fourth-order valence-electron chi connectivity index (χ4n) is 3.28. The lowest BCUT2D eigenvalue weighted by Crippen LogP contribution is -2.48. The number of rotatable bonds is 5. The first kappa shape index (κ1) is 24.1. The van der Waals surface area contributed by atoms with E-state index in [1.807, 2.05) is 35.2 Å². The minimum atomic E-state index is -0.288. The van der Waals surface area contributed by atoms with Gasteiger partial charge in [-0.15, -0.1) is 24.8 Å². The van der Waals surface area contributed by atoms with Crippen LogP contribution in [-0.2, 0) is 5.75 Å². The van der Waals surface area contributed by atoms with Crippen LogP contribution in [0.5, 0.6) is 0 Å². The van der Waals surface area contributed by atoms with Crippen LogP contribution in [0.2, 0.25) is 0 Å². The number of nitrogens with zero attached hydrogens (tertiary/aromatic N) is 3. The van der Waals surface area contributed by atoms with Gasteiger partial charge in [-0.3, -0.25) is 9.89 Å². The van der Waals surface area contributed by atoms with E-state index in [0.717, 1.165) is 28.6 Å². The third-order valence-electron chi connectivity index (χ3n) is 4.71. The number of carbonyl (C=O) groups is 1. The predicted octanol–water partition coefficient (Wildman–Crippen LogP) is 3.87. The summed E-state index contributed by atoms with van der Waals surface area (Å²) in [4.78, 5) is 19.0. The zero-order valence-electron chi connectivity index (χ0n) is 16.0. The Hall–Kier alpha value is -2.13. The van der Waals surface area contributed by atoms with Crippen LogP contribution in [0.15, 0.2) is 60.0 Å². The highest BCUT2D eigenvalue weighted by atomic mass is 35.5. The van der Waals surface area contributed by atoms with Crippen molar-refractivity contribution < 1.29 is 9.18 Å². The number of aromatic nitrogens is 3. The lowest BCUT2D eigenvalue weighted by molar-refractivity contribution is 0.0634.